The molecular weight excluding hydrogens is 288 g/mol. The molecule has 1 rings (SSSR count). The summed E-state index contributed by atoms with van der Waals surface area (Å²) in [5, 5.41) is 16.9. The van der Waals surface area contributed by atoms with Crippen LogP contribution in [0.15, 0.2) is 42.0 Å². The van der Waals surface area contributed by atoms with Crippen molar-refractivity contribution in [2.45, 2.75) is 13.3 Å². The van der Waals surface area contributed by atoms with E-state index in [9.17, 15) is 19.7 Å². The maximum Gasteiger partial charge on any atom is 0.271 e. The van der Waals surface area contributed by atoms with Crippen molar-refractivity contribution in [3.8, 4) is 0 Å². The van der Waals surface area contributed by atoms with Gasteiger partial charge in [0.15, 0.2) is 0 Å². The number of hydrogen-bond acceptors (Lipinski definition) is 5. The molecule has 0 fully saturated rings. The Morgan fingerprint density at radius 3 is 2.55 bits per heavy atom. The maximum atomic E-state index is 11.8. The Bertz CT molecular complexity index is 608. The Hall–Kier alpha value is -3.03. The topological polar surface area (TPSA) is 114 Å². The Morgan fingerprint density at radius 2 is 2.00 bits per heavy atom. The molecule has 0 aliphatic rings. The molecule has 0 heterocycles. The number of nitro benzene ring substituents is 1. The van der Waals surface area contributed by atoms with Crippen molar-refractivity contribution in [3.63, 3.8) is 0 Å². The zero-order valence-electron chi connectivity index (χ0n) is 12.0. The molecule has 0 unspecified atom stereocenters. The van der Waals surface area contributed by atoms with Crippen LogP contribution in [0.3, 0.4) is 0 Å². The van der Waals surface area contributed by atoms with Gasteiger partial charge in [-0.15, -0.1) is 6.58 Å². The summed E-state index contributed by atoms with van der Waals surface area (Å²) in [6.45, 7) is 5.44. The van der Waals surface area contributed by atoms with Gasteiger partial charge in [0.05, 0.1) is 11.3 Å². The van der Waals surface area contributed by atoms with E-state index in [0.29, 0.717) is 12.3 Å². The Balaban J connectivity index is 2.56. The summed E-state index contributed by atoms with van der Waals surface area (Å²) < 4.78 is 0. The van der Waals surface area contributed by atoms with Crippen molar-refractivity contribution in [1.29, 1.82) is 0 Å². The van der Waals surface area contributed by atoms with E-state index in [1.165, 1.54) is 24.3 Å². The first-order valence-electron chi connectivity index (χ1n) is 6.39. The molecule has 22 heavy (non-hydrogen) atoms. The van der Waals surface area contributed by atoms with Crippen molar-refractivity contribution in [1.82, 2.24) is 10.7 Å². The molecule has 8 nitrogen and oxygen atoms in total. The van der Waals surface area contributed by atoms with Crippen molar-refractivity contribution in [2.75, 3.05) is 6.54 Å². The van der Waals surface area contributed by atoms with E-state index in [1.807, 2.05) is 0 Å². The summed E-state index contributed by atoms with van der Waals surface area (Å²) in [7, 11) is 0. The molecular formula is C14H16N4O4. The smallest absolute Gasteiger partial charge is 0.271 e. The van der Waals surface area contributed by atoms with Gasteiger partial charge in [-0.3, -0.25) is 19.7 Å². The minimum Gasteiger partial charge on any atom is -0.352 e. The molecule has 0 aliphatic heterocycles. The molecule has 0 saturated heterocycles. The zero-order chi connectivity index (χ0) is 16.5. The summed E-state index contributed by atoms with van der Waals surface area (Å²) in [4.78, 5) is 33.2. The van der Waals surface area contributed by atoms with Crippen molar-refractivity contribution < 1.29 is 14.5 Å². The number of carbonyl (C=O) groups is 2. The van der Waals surface area contributed by atoms with E-state index >= 15 is 0 Å². The lowest BCUT2D eigenvalue weighted by atomic mass is 10.2. The standard InChI is InChI=1S/C14H16N4O4/c1-3-8-15-13(19)9-10(2)16-17-14(20)11-4-6-12(7-5-11)18(21)22/h3-7H,1,8-9H2,2H3,(H,15,19)(H,17,20). The van der Waals surface area contributed by atoms with E-state index < -0.39 is 10.8 Å². The predicted octanol–water partition coefficient (Wildman–Crippen LogP) is 1.39. The first kappa shape index (κ1) is 17.0. The van der Waals surface area contributed by atoms with Crippen LogP contribution in [-0.4, -0.2) is 29.0 Å². The molecule has 1 aromatic carbocycles. The predicted molar refractivity (Wildman–Crippen MR) is 81.5 cm³/mol. The van der Waals surface area contributed by atoms with Crippen LogP contribution in [0.5, 0.6) is 0 Å². The second kappa shape index (κ2) is 8.30. The lowest BCUT2D eigenvalue weighted by molar-refractivity contribution is -0.384. The molecule has 116 valence electrons. The van der Waals surface area contributed by atoms with Gasteiger partial charge in [0.2, 0.25) is 5.91 Å². The highest BCUT2D eigenvalue weighted by Gasteiger charge is 2.09. The third-order valence-corrected chi connectivity index (χ3v) is 2.55. The molecule has 0 atom stereocenters. The molecule has 0 aromatic heterocycles. The number of non-ortho nitro benzene ring substituents is 1. The second-order valence-electron chi connectivity index (χ2n) is 4.36. The van der Waals surface area contributed by atoms with Gasteiger partial charge in [0, 0.05) is 30.0 Å². The van der Waals surface area contributed by atoms with Gasteiger partial charge in [-0.1, -0.05) is 6.08 Å². The zero-order valence-corrected chi connectivity index (χ0v) is 12.0. The van der Waals surface area contributed by atoms with E-state index in [2.05, 4.69) is 22.4 Å². The Labute approximate surface area is 127 Å². The highest BCUT2D eigenvalue weighted by atomic mass is 16.6. The van der Waals surface area contributed by atoms with Crippen LogP contribution >= 0.6 is 0 Å². The lowest BCUT2D eigenvalue weighted by Gasteiger charge is -2.03. The number of nitro groups is 1. The largest absolute Gasteiger partial charge is 0.352 e. The molecule has 0 bridgehead atoms. The lowest BCUT2D eigenvalue weighted by Crippen LogP contribution is -2.26. The number of amides is 2. The summed E-state index contributed by atoms with van der Waals surface area (Å²) in [6, 6.07) is 5.12. The third kappa shape index (κ3) is 5.53. The molecule has 2 amide bonds. The number of hydrazone groups is 1. The molecule has 0 spiro atoms. The monoisotopic (exact) mass is 304 g/mol. The fourth-order valence-corrected chi connectivity index (χ4v) is 1.47. The summed E-state index contributed by atoms with van der Waals surface area (Å²) in [5.74, 6) is -0.744. The van der Waals surface area contributed by atoms with Crippen molar-refractivity contribution in [2.24, 2.45) is 5.10 Å². The number of rotatable bonds is 7. The van der Waals surface area contributed by atoms with E-state index in [4.69, 9.17) is 0 Å². The van der Waals surface area contributed by atoms with Crippen LogP contribution in [-0.2, 0) is 4.79 Å². The van der Waals surface area contributed by atoms with E-state index in [0.717, 1.165) is 0 Å². The summed E-state index contributed by atoms with van der Waals surface area (Å²) in [5.41, 5.74) is 2.85. The number of nitrogens with one attached hydrogen (secondary N) is 2. The minimum absolute atomic E-state index is 0.0500. The highest BCUT2D eigenvalue weighted by molar-refractivity contribution is 6.01. The quantitative estimate of drug-likeness (QED) is 0.343. The number of nitrogens with zero attached hydrogens (tertiary/aromatic N) is 2. The van der Waals surface area contributed by atoms with Gasteiger partial charge in [0.1, 0.15) is 0 Å². The van der Waals surface area contributed by atoms with Crippen LogP contribution in [0.2, 0.25) is 0 Å². The molecule has 0 aliphatic carbocycles. The second-order valence-corrected chi connectivity index (χ2v) is 4.36. The van der Waals surface area contributed by atoms with Crippen LogP contribution in [0.1, 0.15) is 23.7 Å². The Kier molecular flexibility index (Phi) is 6.42. The number of carbonyl (C=O) groups excluding carboxylic acids is 2. The van der Waals surface area contributed by atoms with Crippen molar-refractivity contribution >= 4 is 23.2 Å². The minimum atomic E-state index is -0.550. The number of hydrogen-bond donors (Lipinski definition) is 2. The van der Waals surface area contributed by atoms with Crippen LogP contribution in [0, 0.1) is 10.1 Å². The molecule has 2 N–H and O–H groups in total. The fraction of sp³-hybridized carbons (Fsp3) is 0.214. The summed E-state index contributed by atoms with van der Waals surface area (Å²) in [6.07, 6.45) is 1.61. The van der Waals surface area contributed by atoms with Gasteiger partial charge in [0.25, 0.3) is 11.6 Å². The average Bonchev–Trinajstić information content (AvgIpc) is 2.50. The van der Waals surface area contributed by atoms with Gasteiger partial charge >= 0.3 is 0 Å². The Morgan fingerprint density at radius 1 is 1.36 bits per heavy atom. The first-order chi connectivity index (χ1) is 10.4. The van der Waals surface area contributed by atoms with Crippen LogP contribution in [0.25, 0.3) is 0 Å². The third-order valence-electron chi connectivity index (χ3n) is 2.55. The normalized spacial score (nSPS) is 10.7. The van der Waals surface area contributed by atoms with Gasteiger partial charge in [-0.05, 0) is 19.1 Å². The molecule has 8 heteroatoms. The van der Waals surface area contributed by atoms with Crippen molar-refractivity contribution in [3.05, 3.63) is 52.6 Å². The molecule has 0 radical (unpaired) electrons. The summed E-state index contributed by atoms with van der Waals surface area (Å²) >= 11 is 0. The SMILES string of the molecule is C=CCNC(=O)CC(C)=NNC(=O)c1ccc([N+](=O)[O-])cc1. The van der Waals surface area contributed by atoms with Crippen LogP contribution in [0.4, 0.5) is 5.69 Å². The molecule has 0 saturated carbocycles. The number of benzene rings is 1. The van der Waals surface area contributed by atoms with Gasteiger partial charge in [-0.25, -0.2) is 5.43 Å². The maximum absolute atomic E-state index is 11.8. The van der Waals surface area contributed by atoms with E-state index in [-0.39, 0.29) is 23.6 Å². The van der Waals surface area contributed by atoms with Gasteiger partial charge in [-0.2, -0.15) is 5.10 Å². The fourth-order valence-electron chi connectivity index (χ4n) is 1.47. The van der Waals surface area contributed by atoms with E-state index in [1.54, 1.807) is 13.0 Å². The highest BCUT2D eigenvalue weighted by Crippen LogP contribution is 2.11. The molecule has 1 aromatic rings. The van der Waals surface area contributed by atoms with Crippen LogP contribution < -0.4 is 10.7 Å². The average molecular weight is 304 g/mol. The van der Waals surface area contributed by atoms with Gasteiger partial charge < -0.3 is 5.32 Å². The first-order valence-corrected chi connectivity index (χ1v) is 6.39.